The zero-order valence-corrected chi connectivity index (χ0v) is 16.4. The van der Waals surface area contributed by atoms with Crippen molar-refractivity contribution in [3.05, 3.63) is 68.8 Å². The second-order valence-electron chi connectivity index (χ2n) is 7.08. The van der Waals surface area contributed by atoms with Gasteiger partial charge in [-0.25, -0.2) is 4.79 Å². The Morgan fingerprint density at radius 3 is 2.32 bits per heavy atom. The molecule has 0 unspecified atom stereocenters. The third-order valence-corrected chi connectivity index (χ3v) is 4.34. The van der Waals surface area contributed by atoms with Crippen LogP contribution in [-0.2, 0) is 16.0 Å². The molecule has 0 radical (unpaired) electrons. The van der Waals surface area contributed by atoms with Gasteiger partial charge in [0.1, 0.15) is 5.69 Å². The van der Waals surface area contributed by atoms with E-state index in [4.69, 9.17) is 4.74 Å². The predicted molar refractivity (Wildman–Crippen MR) is 106 cm³/mol. The molecule has 0 atom stereocenters. The molecule has 28 heavy (non-hydrogen) atoms. The number of amides is 1. The van der Waals surface area contributed by atoms with Crippen molar-refractivity contribution in [2.45, 2.75) is 34.1 Å². The van der Waals surface area contributed by atoms with Gasteiger partial charge in [-0.05, 0) is 55.0 Å². The number of nitrogens with one attached hydrogen (secondary N) is 1. The number of hydrogen-bond acceptors (Lipinski definition) is 5. The molecular formula is C21H24N2O5. The maximum absolute atomic E-state index is 12.2. The minimum Gasteiger partial charge on any atom is -0.452 e. The highest BCUT2D eigenvalue weighted by Gasteiger charge is 2.20. The fourth-order valence-corrected chi connectivity index (χ4v) is 2.75. The Morgan fingerprint density at radius 2 is 1.75 bits per heavy atom. The number of benzene rings is 2. The quantitative estimate of drug-likeness (QED) is 0.438. The molecule has 0 saturated carbocycles. The Labute approximate surface area is 163 Å². The minimum absolute atomic E-state index is 0.115. The number of esters is 1. The number of nitrogens with zero attached hydrogens (tertiary/aromatic N) is 1. The van der Waals surface area contributed by atoms with Crippen LogP contribution in [0.3, 0.4) is 0 Å². The van der Waals surface area contributed by atoms with Crippen LogP contribution in [0.4, 0.5) is 11.4 Å². The zero-order chi connectivity index (χ0) is 20.8. The first-order valence-corrected chi connectivity index (χ1v) is 8.99. The van der Waals surface area contributed by atoms with Crippen molar-refractivity contribution < 1.29 is 19.2 Å². The average Bonchev–Trinajstić information content (AvgIpc) is 2.63. The van der Waals surface area contributed by atoms with E-state index in [1.807, 2.05) is 12.1 Å². The van der Waals surface area contributed by atoms with Crippen LogP contribution >= 0.6 is 0 Å². The zero-order valence-electron chi connectivity index (χ0n) is 16.4. The SMILES string of the molecule is Cc1ccc([N+](=O)[O-])c(NC(=O)COC(=O)c2ccc(CC(C)C)cc2)c1C. The van der Waals surface area contributed by atoms with Crippen molar-refractivity contribution in [1.82, 2.24) is 0 Å². The average molecular weight is 384 g/mol. The van der Waals surface area contributed by atoms with Crippen LogP contribution in [0.5, 0.6) is 0 Å². The summed E-state index contributed by atoms with van der Waals surface area (Å²) in [5.74, 6) is -0.751. The monoisotopic (exact) mass is 384 g/mol. The van der Waals surface area contributed by atoms with Crippen LogP contribution in [0.25, 0.3) is 0 Å². The molecule has 0 bridgehead atoms. The lowest BCUT2D eigenvalue weighted by atomic mass is 10.0. The molecule has 0 fully saturated rings. The highest BCUT2D eigenvalue weighted by atomic mass is 16.6. The fraction of sp³-hybridized carbons (Fsp3) is 0.333. The van der Waals surface area contributed by atoms with Crippen molar-refractivity contribution in [2.24, 2.45) is 5.92 Å². The van der Waals surface area contributed by atoms with Gasteiger partial charge in [0.25, 0.3) is 11.6 Å². The molecule has 1 amide bonds. The number of nitro benzene ring substituents is 1. The van der Waals surface area contributed by atoms with E-state index >= 15 is 0 Å². The summed E-state index contributed by atoms with van der Waals surface area (Å²) in [5, 5.41) is 13.7. The van der Waals surface area contributed by atoms with Crippen molar-refractivity contribution in [1.29, 1.82) is 0 Å². The molecule has 148 valence electrons. The Balaban J connectivity index is 2.00. The number of ether oxygens (including phenoxy) is 1. The summed E-state index contributed by atoms with van der Waals surface area (Å²) in [6, 6.07) is 9.99. The van der Waals surface area contributed by atoms with Gasteiger partial charge in [0.05, 0.1) is 10.5 Å². The summed E-state index contributed by atoms with van der Waals surface area (Å²) in [6.45, 7) is 7.17. The largest absolute Gasteiger partial charge is 0.452 e. The lowest BCUT2D eigenvalue weighted by molar-refractivity contribution is -0.384. The lowest BCUT2D eigenvalue weighted by Crippen LogP contribution is -2.22. The molecule has 0 aliphatic heterocycles. The first kappa shape index (κ1) is 21.1. The van der Waals surface area contributed by atoms with E-state index in [2.05, 4.69) is 19.2 Å². The second-order valence-corrected chi connectivity index (χ2v) is 7.08. The Hall–Kier alpha value is -3.22. The van der Waals surface area contributed by atoms with Crippen LogP contribution in [-0.4, -0.2) is 23.4 Å². The van der Waals surface area contributed by atoms with Crippen LogP contribution in [0.1, 0.15) is 40.9 Å². The smallest absolute Gasteiger partial charge is 0.338 e. The molecule has 0 aliphatic rings. The molecule has 7 nitrogen and oxygen atoms in total. The molecule has 2 rings (SSSR count). The van der Waals surface area contributed by atoms with Gasteiger partial charge in [-0.15, -0.1) is 0 Å². The van der Waals surface area contributed by atoms with Gasteiger partial charge < -0.3 is 10.1 Å². The topological polar surface area (TPSA) is 98.5 Å². The van der Waals surface area contributed by atoms with Crippen molar-refractivity contribution in [3.63, 3.8) is 0 Å². The molecule has 0 aromatic heterocycles. The minimum atomic E-state index is -0.637. The number of hydrogen-bond donors (Lipinski definition) is 1. The van der Waals surface area contributed by atoms with E-state index in [9.17, 15) is 19.7 Å². The second kappa shape index (κ2) is 9.12. The summed E-state index contributed by atoms with van der Waals surface area (Å²) >= 11 is 0. The van der Waals surface area contributed by atoms with Gasteiger partial charge in [-0.3, -0.25) is 14.9 Å². The number of nitro groups is 1. The molecule has 0 spiro atoms. The van der Waals surface area contributed by atoms with Gasteiger partial charge in [-0.1, -0.05) is 32.0 Å². The van der Waals surface area contributed by atoms with Crippen LogP contribution < -0.4 is 5.32 Å². The first-order valence-electron chi connectivity index (χ1n) is 8.99. The molecule has 7 heteroatoms. The number of rotatable bonds is 7. The molecule has 1 N–H and O–H groups in total. The molecule has 0 aliphatic carbocycles. The summed E-state index contributed by atoms with van der Waals surface area (Å²) in [5.41, 5.74) is 2.77. The normalized spacial score (nSPS) is 10.6. The maximum atomic E-state index is 12.2. The highest BCUT2D eigenvalue weighted by molar-refractivity contribution is 5.97. The fourth-order valence-electron chi connectivity index (χ4n) is 2.75. The molecule has 2 aromatic rings. The van der Waals surface area contributed by atoms with E-state index in [1.165, 1.54) is 6.07 Å². The molecule has 0 saturated heterocycles. The van der Waals surface area contributed by atoms with Gasteiger partial charge in [0.2, 0.25) is 0 Å². The Kier molecular flexibility index (Phi) is 6.87. The van der Waals surface area contributed by atoms with Gasteiger partial charge >= 0.3 is 5.97 Å². The van der Waals surface area contributed by atoms with Crippen LogP contribution in [0.15, 0.2) is 36.4 Å². The molecule has 0 heterocycles. The number of carbonyl (C=O) groups excluding carboxylic acids is 2. The summed E-state index contributed by atoms with van der Waals surface area (Å²) in [6.07, 6.45) is 0.909. The standard InChI is InChI=1S/C21H24N2O5/c1-13(2)11-16-6-8-17(9-7-16)21(25)28-12-19(24)22-20-15(4)14(3)5-10-18(20)23(26)27/h5-10,13H,11-12H2,1-4H3,(H,22,24). The summed E-state index contributed by atoms with van der Waals surface area (Å²) in [4.78, 5) is 34.9. The van der Waals surface area contributed by atoms with E-state index in [1.54, 1.807) is 32.0 Å². The number of aryl methyl sites for hydroxylation is 1. The van der Waals surface area contributed by atoms with E-state index in [0.717, 1.165) is 17.5 Å². The number of anilines is 1. The van der Waals surface area contributed by atoms with E-state index in [0.29, 0.717) is 17.0 Å². The molecule has 2 aromatic carbocycles. The summed E-state index contributed by atoms with van der Waals surface area (Å²) in [7, 11) is 0. The van der Waals surface area contributed by atoms with Crippen molar-refractivity contribution in [2.75, 3.05) is 11.9 Å². The van der Waals surface area contributed by atoms with Gasteiger partial charge in [-0.2, -0.15) is 0 Å². The lowest BCUT2D eigenvalue weighted by Gasteiger charge is -2.11. The Bertz CT molecular complexity index is 888. The van der Waals surface area contributed by atoms with Gasteiger partial charge in [0.15, 0.2) is 6.61 Å². The van der Waals surface area contributed by atoms with Crippen molar-refractivity contribution in [3.8, 4) is 0 Å². The first-order chi connectivity index (χ1) is 13.2. The van der Waals surface area contributed by atoms with Crippen LogP contribution in [0.2, 0.25) is 0 Å². The Morgan fingerprint density at radius 1 is 1.11 bits per heavy atom. The van der Waals surface area contributed by atoms with Crippen molar-refractivity contribution >= 4 is 23.3 Å². The third-order valence-electron chi connectivity index (χ3n) is 4.34. The summed E-state index contributed by atoms with van der Waals surface area (Å²) < 4.78 is 5.03. The maximum Gasteiger partial charge on any atom is 0.338 e. The van der Waals surface area contributed by atoms with E-state index in [-0.39, 0.29) is 11.4 Å². The van der Waals surface area contributed by atoms with Gasteiger partial charge in [0, 0.05) is 6.07 Å². The highest BCUT2D eigenvalue weighted by Crippen LogP contribution is 2.30. The van der Waals surface area contributed by atoms with Crippen LogP contribution in [0, 0.1) is 29.9 Å². The van der Waals surface area contributed by atoms with E-state index < -0.39 is 23.4 Å². The number of carbonyl (C=O) groups is 2. The molecular weight excluding hydrogens is 360 g/mol. The predicted octanol–water partition coefficient (Wildman–Crippen LogP) is 4.21. The third kappa shape index (κ3) is 5.39.